The van der Waals surface area contributed by atoms with Crippen molar-refractivity contribution in [1.82, 2.24) is 5.32 Å². The molecule has 102 valence electrons. The van der Waals surface area contributed by atoms with Crippen molar-refractivity contribution < 1.29 is 4.39 Å². The summed E-state index contributed by atoms with van der Waals surface area (Å²) in [7, 11) is 0. The highest BCUT2D eigenvalue weighted by molar-refractivity contribution is 7.99. The zero-order chi connectivity index (χ0) is 13.5. The van der Waals surface area contributed by atoms with Crippen molar-refractivity contribution in [3.63, 3.8) is 0 Å². The minimum absolute atomic E-state index is 0.122. The summed E-state index contributed by atoms with van der Waals surface area (Å²) in [5.74, 6) is 0.914. The van der Waals surface area contributed by atoms with Gasteiger partial charge in [0.25, 0.3) is 0 Å². The molecule has 2 atom stereocenters. The molecule has 18 heavy (non-hydrogen) atoms. The second-order valence-electron chi connectivity index (χ2n) is 4.67. The van der Waals surface area contributed by atoms with Crippen LogP contribution < -0.4 is 5.32 Å². The third-order valence-corrected chi connectivity index (χ3v) is 4.59. The normalized spacial score (nSPS) is 14.5. The van der Waals surface area contributed by atoms with E-state index in [2.05, 4.69) is 26.1 Å². The molecule has 0 fully saturated rings. The van der Waals surface area contributed by atoms with Gasteiger partial charge < -0.3 is 5.32 Å². The number of halogens is 1. The molecule has 2 unspecified atom stereocenters. The van der Waals surface area contributed by atoms with Crippen LogP contribution in [0.3, 0.4) is 0 Å². The van der Waals surface area contributed by atoms with E-state index in [0.29, 0.717) is 11.3 Å². The Balaban J connectivity index is 2.73. The molecule has 0 aliphatic heterocycles. The maximum atomic E-state index is 13.3. The van der Waals surface area contributed by atoms with Gasteiger partial charge in [-0.1, -0.05) is 32.9 Å². The van der Waals surface area contributed by atoms with Gasteiger partial charge in [0.1, 0.15) is 5.82 Å². The van der Waals surface area contributed by atoms with Crippen molar-refractivity contribution in [3.8, 4) is 0 Å². The van der Waals surface area contributed by atoms with Gasteiger partial charge in [0.15, 0.2) is 0 Å². The van der Waals surface area contributed by atoms with Gasteiger partial charge in [0.2, 0.25) is 0 Å². The summed E-state index contributed by atoms with van der Waals surface area (Å²) in [6, 6.07) is 5.74. The van der Waals surface area contributed by atoms with E-state index in [9.17, 15) is 4.39 Å². The first-order valence-corrected chi connectivity index (χ1v) is 7.74. The molecule has 0 amide bonds. The number of thioether (sulfide) groups is 1. The van der Waals surface area contributed by atoms with Crippen LogP contribution in [0.2, 0.25) is 0 Å². The molecule has 0 spiro atoms. The zero-order valence-electron chi connectivity index (χ0n) is 11.8. The molecule has 1 aromatic carbocycles. The summed E-state index contributed by atoms with van der Waals surface area (Å²) in [5.41, 5.74) is 1.91. The standard InChI is InChI=1S/C15H24FNS/c1-5-12(4)18-10-15(17-6-2)13-7-8-14(16)11(3)9-13/h7-9,12,15,17H,5-6,10H2,1-4H3. The van der Waals surface area contributed by atoms with Crippen LogP contribution in [0.1, 0.15) is 44.4 Å². The number of benzene rings is 1. The van der Waals surface area contributed by atoms with Gasteiger partial charge in [-0.3, -0.25) is 0 Å². The summed E-state index contributed by atoms with van der Waals surface area (Å²) in [4.78, 5) is 0. The lowest BCUT2D eigenvalue weighted by atomic mass is 10.1. The Labute approximate surface area is 115 Å². The number of aryl methyl sites for hydroxylation is 1. The first-order chi connectivity index (χ1) is 8.58. The van der Waals surface area contributed by atoms with Gasteiger partial charge in [-0.05, 0) is 37.1 Å². The van der Waals surface area contributed by atoms with Crippen LogP contribution in [0, 0.1) is 12.7 Å². The smallest absolute Gasteiger partial charge is 0.126 e. The maximum Gasteiger partial charge on any atom is 0.126 e. The molecule has 1 rings (SSSR count). The van der Waals surface area contributed by atoms with E-state index < -0.39 is 0 Å². The fourth-order valence-corrected chi connectivity index (χ4v) is 2.85. The third-order valence-electron chi connectivity index (χ3n) is 3.16. The molecule has 1 aromatic rings. The summed E-state index contributed by atoms with van der Waals surface area (Å²) < 4.78 is 13.3. The van der Waals surface area contributed by atoms with E-state index in [1.807, 2.05) is 30.8 Å². The average molecular weight is 269 g/mol. The van der Waals surface area contributed by atoms with E-state index in [0.717, 1.165) is 17.9 Å². The molecule has 0 aliphatic rings. The summed E-state index contributed by atoms with van der Waals surface area (Å²) >= 11 is 1.97. The largest absolute Gasteiger partial charge is 0.310 e. The number of rotatable bonds is 7. The third kappa shape index (κ3) is 4.62. The van der Waals surface area contributed by atoms with Gasteiger partial charge in [-0.2, -0.15) is 11.8 Å². The molecule has 0 bridgehead atoms. The predicted molar refractivity (Wildman–Crippen MR) is 79.8 cm³/mol. The lowest BCUT2D eigenvalue weighted by Gasteiger charge is -2.20. The Morgan fingerprint density at radius 3 is 2.61 bits per heavy atom. The Kier molecular flexibility index (Phi) is 6.72. The van der Waals surface area contributed by atoms with Gasteiger partial charge in [-0.25, -0.2) is 4.39 Å². The highest BCUT2D eigenvalue weighted by atomic mass is 32.2. The minimum atomic E-state index is -0.122. The molecule has 0 heterocycles. The van der Waals surface area contributed by atoms with E-state index in [4.69, 9.17) is 0 Å². The molecular weight excluding hydrogens is 245 g/mol. The quantitative estimate of drug-likeness (QED) is 0.791. The predicted octanol–water partition coefficient (Wildman–Crippen LogP) is 4.32. The molecular formula is C15H24FNS. The minimum Gasteiger partial charge on any atom is -0.310 e. The summed E-state index contributed by atoms with van der Waals surface area (Å²) in [6.07, 6.45) is 1.19. The Hall–Kier alpha value is -0.540. The van der Waals surface area contributed by atoms with Gasteiger partial charge in [0.05, 0.1) is 0 Å². The highest BCUT2D eigenvalue weighted by Gasteiger charge is 2.13. The molecule has 0 saturated carbocycles. The van der Waals surface area contributed by atoms with E-state index in [1.54, 1.807) is 6.07 Å². The van der Waals surface area contributed by atoms with Crippen molar-refractivity contribution in [2.45, 2.75) is 45.4 Å². The van der Waals surface area contributed by atoms with Crippen LogP contribution in [0.25, 0.3) is 0 Å². The van der Waals surface area contributed by atoms with Crippen LogP contribution in [-0.4, -0.2) is 17.5 Å². The lowest BCUT2D eigenvalue weighted by Crippen LogP contribution is -2.23. The van der Waals surface area contributed by atoms with Crippen molar-refractivity contribution >= 4 is 11.8 Å². The van der Waals surface area contributed by atoms with Crippen LogP contribution in [0.15, 0.2) is 18.2 Å². The molecule has 3 heteroatoms. The fourth-order valence-electron chi connectivity index (χ4n) is 1.78. The number of hydrogen-bond acceptors (Lipinski definition) is 2. The lowest BCUT2D eigenvalue weighted by molar-refractivity contribution is 0.593. The second-order valence-corrected chi connectivity index (χ2v) is 6.14. The van der Waals surface area contributed by atoms with Crippen LogP contribution >= 0.6 is 11.8 Å². The van der Waals surface area contributed by atoms with Crippen molar-refractivity contribution in [1.29, 1.82) is 0 Å². The van der Waals surface area contributed by atoms with Gasteiger partial charge >= 0.3 is 0 Å². The first-order valence-electron chi connectivity index (χ1n) is 6.69. The van der Waals surface area contributed by atoms with Gasteiger partial charge in [0, 0.05) is 17.0 Å². The molecule has 1 nitrogen and oxygen atoms in total. The zero-order valence-corrected chi connectivity index (χ0v) is 12.6. The van der Waals surface area contributed by atoms with Crippen molar-refractivity contribution in [3.05, 3.63) is 35.1 Å². The molecule has 1 N–H and O–H groups in total. The molecule has 0 aromatic heterocycles. The second kappa shape index (κ2) is 7.80. The van der Waals surface area contributed by atoms with Crippen LogP contribution in [-0.2, 0) is 0 Å². The monoisotopic (exact) mass is 269 g/mol. The Bertz CT molecular complexity index is 368. The summed E-state index contributed by atoms with van der Waals surface area (Å²) in [6.45, 7) is 9.33. The van der Waals surface area contributed by atoms with Crippen molar-refractivity contribution in [2.75, 3.05) is 12.3 Å². The van der Waals surface area contributed by atoms with E-state index >= 15 is 0 Å². The summed E-state index contributed by atoms with van der Waals surface area (Å²) in [5, 5.41) is 4.16. The first kappa shape index (κ1) is 15.5. The maximum absolute atomic E-state index is 13.3. The topological polar surface area (TPSA) is 12.0 Å². The van der Waals surface area contributed by atoms with E-state index in [1.165, 1.54) is 12.0 Å². The number of nitrogens with one attached hydrogen (secondary N) is 1. The highest BCUT2D eigenvalue weighted by Crippen LogP contribution is 2.24. The van der Waals surface area contributed by atoms with Crippen LogP contribution in [0.4, 0.5) is 4.39 Å². The Morgan fingerprint density at radius 1 is 1.33 bits per heavy atom. The SMILES string of the molecule is CCNC(CSC(C)CC)c1ccc(F)c(C)c1. The van der Waals surface area contributed by atoms with Crippen LogP contribution in [0.5, 0.6) is 0 Å². The van der Waals surface area contributed by atoms with Crippen molar-refractivity contribution in [2.24, 2.45) is 0 Å². The molecule has 0 saturated heterocycles. The molecule has 0 radical (unpaired) electrons. The fraction of sp³-hybridized carbons (Fsp3) is 0.600. The Morgan fingerprint density at radius 2 is 2.06 bits per heavy atom. The van der Waals surface area contributed by atoms with Gasteiger partial charge in [-0.15, -0.1) is 0 Å². The average Bonchev–Trinajstić information content (AvgIpc) is 2.37. The van der Waals surface area contributed by atoms with E-state index in [-0.39, 0.29) is 5.82 Å². The number of hydrogen-bond donors (Lipinski definition) is 1. The molecule has 0 aliphatic carbocycles.